The molecule has 0 spiro atoms. The molecular weight excluding hydrogens is 304 g/mol. The molecule has 0 aliphatic carbocycles. The summed E-state index contributed by atoms with van der Waals surface area (Å²) in [6.07, 6.45) is 1.83. The van der Waals surface area contributed by atoms with Crippen molar-refractivity contribution in [2.24, 2.45) is 10.9 Å². The fourth-order valence-corrected chi connectivity index (χ4v) is 3.49. The molecule has 0 N–H and O–H groups in total. The van der Waals surface area contributed by atoms with Crippen LogP contribution < -0.4 is 0 Å². The lowest BCUT2D eigenvalue weighted by Crippen LogP contribution is -2.48. The van der Waals surface area contributed by atoms with Gasteiger partial charge < -0.3 is 19.1 Å². The van der Waals surface area contributed by atoms with Crippen LogP contribution in [0.2, 0.25) is 0 Å². The van der Waals surface area contributed by atoms with Crippen molar-refractivity contribution in [3.63, 3.8) is 0 Å². The third kappa shape index (κ3) is 3.34. The van der Waals surface area contributed by atoms with Gasteiger partial charge in [0.15, 0.2) is 0 Å². The number of aryl methyl sites for hydroxylation is 1. The maximum atomic E-state index is 13.1. The molecule has 0 bridgehead atoms. The lowest BCUT2D eigenvalue weighted by Gasteiger charge is -2.34. The Morgan fingerprint density at radius 3 is 2.62 bits per heavy atom. The second-order valence-electron chi connectivity index (χ2n) is 7.11. The Bertz CT molecular complexity index is 627. The van der Waals surface area contributed by atoms with Crippen LogP contribution in [-0.4, -0.2) is 66.2 Å². The van der Waals surface area contributed by atoms with Crippen molar-refractivity contribution in [3.05, 3.63) is 16.9 Å². The Morgan fingerprint density at radius 1 is 1.29 bits per heavy atom. The average Bonchev–Trinajstić information content (AvgIpc) is 2.89. The van der Waals surface area contributed by atoms with Gasteiger partial charge in [-0.15, -0.1) is 0 Å². The molecule has 6 nitrogen and oxygen atoms in total. The quantitative estimate of drug-likeness (QED) is 0.850. The highest BCUT2D eigenvalue weighted by Crippen LogP contribution is 2.33. The van der Waals surface area contributed by atoms with Gasteiger partial charge in [0.2, 0.25) is 5.88 Å². The van der Waals surface area contributed by atoms with Crippen LogP contribution in [0.4, 0.5) is 5.88 Å². The largest absolute Gasteiger partial charge is 0.442 e. The van der Waals surface area contributed by atoms with Gasteiger partial charge in [-0.05, 0) is 19.4 Å². The van der Waals surface area contributed by atoms with Gasteiger partial charge in [-0.3, -0.25) is 4.79 Å². The normalized spacial score (nSPS) is 18.4. The molecule has 1 aromatic heterocycles. The van der Waals surface area contributed by atoms with Gasteiger partial charge in [0, 0.05) is 32.7 Å². The summed E-state index contributed by atoms with van der Waals surface area (Å²) in [6, 6.07) is 0. The van der Waals surface area contributed by atoms with Crippen molar-refractivity contribution in [2.45, 2.75) is 34.2 Å². The lowest BCUT2D eigenvalue weighted by molar-refractivity contribution is 0.0640. The van der Waals surface area contributed by atoms with Gasteiger partial charge in [0.05, 0.1) is 24.0 Å². The monoisotopic (exact) mass is 332 g/mol. The lowest BCUT2D eigenvalue weighted by atomic mass is 10.1. The second-order valence-corrected chi connectivity index (χ2v) is 7.11. The van der Waals surface area contributed by atoms with E-state index in [4.69, 9.17) is 4.42 Å². The van der Waals surface area contributed by atoms with E-state index in [1.165, 1.54) is 0 Å². The summed E-state index contributed by atoms with van der Waals surface area (Å²) in [4.78, 5) is 24.0. The van der Waals surface area contributed by atoms with Crippen LogP contribution in [0.1, 0.15) is 42.5 Å². The molecule has 1 aromatic rings. The van der Waals surface area contributed by atoms with E-state index in [0.29, 0.717) is 24.1 Å². The number of hydrogen-bond acceptors (Lipinski definition) is 5. The maximum Gasteiger partial charge on any atom is 0.257 e. The van der Waals surface area contributed by atoms with E-state index < -0.39 is 0 Å². The Balaban J connectivity index is 1.79. The molecule has 3 rings (SSSR count). The molecule has 6 heteroatoms. The Hall–Kier alpha value is -1.82. The summed E-state index contributed by atoms with van der Waals surface area (Å²) in [5.41, 5.74) is 1.67. The van der Waals surface area contributed by atoms with Crippen molar-refractivity contribution in [1.29, 1.82) is 0 Å². The number of nitrogens with zero attached hydrogens (tertiary/aromatic N) is 4. The van der Waals surface area contributed by atoms with Gasteiger partial charge in [-0.2, -0.15) is 0 Å². The molecule has 2 aliphatic rings. The summed E-state index contributed by atoms with van der Waals surface area (Å²) in [5.74, 6) is 1.93. The Labute approximate surface area is 144 Å². The third-order valence-electron chi connectivity index (χ3n) is 4.78. The van der Waals surface area contributed by atoms with Gasteiger partial charge in [0.25, 0.3) is 5.91 Å². The first-order valence-corrected chi connectivity index (χ1v) is 8.91. The van der Waals surface area contributed by atoms with E-state index in [-0.39, 0.29) is 5.91 Å². The summed E-state index contributed by atoms with van der Waals surface area (Å²) < 4.78 is 5.76. The molecule has 1 amide bonds. The first kappa shape index (κ1) is 17.0. The minimum absolute atomic E-state index is 0.0925. The average molecular weight is 332 g/mol. The van der Waals surface area contributed by atoms with Crippen LogP contribution in [0.15, 0.2) is 9.41 Å². The van der Waals surface area contributed by atoms with Crippen LogP contribution in [0.25, 0.3) is 0 Å². The second kappa shape index (κ2) is 6.97. The molecule has 0 atom stereocenters. The van der Waals surface area contributed by atoms with Crippen LogP contribution in [0, 0.1) is 12.8 Å². The summed E-state index contributed by atoms with van der Waals surface area (Å²) in [7, 11) is 0. The molecule has 0 unspecified atom stereocenters. The van der Waals surface area contributed by atoms with Crippen molar-refractivity contribution in [1.82, 2.24) is 14.7 Å². The van der Waals surface area contributed by atoms with Crippen molar-refractivity contribution in [3.8, 4) is 0 Å². The molecule has 1 saturated heterocycles. The first-order valence-electron chi connectivity index (χ1n) is 8.91. The Morgan fingerprint density at radius 2 is 2.00 bits per heavy atom. The molecule has 0 aromatic carbocycles. The number of aliphatic imine (C=N–C) groups is 1. The van der Waals surface area contributed by atoms with Crippen LogP contribution in [-0.2, 0) is 6.54 Å². The number of piperazine rings is 1. The molecular formula is C18H28N4O2. The number of hydrogen-bond donors (Lipinski definition) is 0. The number of rotatable bonds is 4. The van der Waals surface area contributed by atoms with Crippen molar-refractivity contribution < 1.29 is 9.21 Å². The van der Waals surface area contributed by atoms with Crippen LogP contribution >= 0.6 is 0 Å². The van der Waals surface area contributed by atoms with Gasteiger partial charge in [-0.25, -0.2) is 4.99 Å². The van der Waals surface area contributed by atoms with Crippen molar-refractivity contribution in [2.75, 3.05) is 39.3 Å². The molecule has 3 heterocycles. The molecule has 2 aliphatic heterocycles. The van der Waals surface area contributed by atoms with Crippen molar-refractivity contribution >= 4 is 18.1 Å². The zero-order valence-corrected chi connectivity index (χ0v) is 15.2. The van der Waals surface area contributed by atoms with Crippen LogP contribution in [0.3, 0.4) is 0 Å². The van der Waals surface area contributed by atoms with Gasteiger partial charge in [-0.1, -0.05) is 20.8 Å². The number of amides is 1. The highest BCUT2D eigenvalue weighted by atomic mass is 16.4. The Kier molecular flexibility index (Phi) is 4.94. The fraction of sp³-hybridized carbons (Fsp3) is 0.667. The minimum Gasteiger partial charge on any atom is -0.442 e. The molecule has 0 saturated carbocycles. The zero-order chi connectivity index (χ0) is 17.3. The van der Waals surface area contributed by atoms with Crippen LogP contribution in [0.5, 0.6) is 0 Å². The fourth-order valence-electron chi connectivity index (χ4n) is 3.49. The standard InChI is InChI=1S/C18H28N4O2/c1-5-20-6-8-22(9-7-20)18(23)16-14(4)24-17-15(16)11-21(12-19-17)10-13(2)3/h12-13H,5-11H2,1-4H3. The number of carbonyl (C=O) groups excluding carboxylic acids is 1. The predicted molar refractivity (Wildman–Crippen MR) is 94.9 cm³/mol. The highest BCUT2D eigenvalue weighted by molar-refractivity contribution is 5.98. The predicted octanol–water partition coefficient (Wildman–Crippen LogP) is 2.50. The first-order chi connectivity index (χ1) is 11.5. The number of carbonyl (C=O) groups is 1. The smallest absolute Gasteiger partial charge is 0.257 e. The molecule has 1 fully saturated rings. The van der Waals surface area contributed by atoms with E-state index in [2.05, 4.69) is 35.6 Å². The highest BCUT2D eigenvalue weighted by Gasteiger charge is 2.30. The molecule has 132 valence electrons. The number of likely N-dealkylation sites (N-methyl/N-ethyl adjacent to an activating group) is 1. The summed E-state index contributed by atoms with van der Waals surface area (Å²) in [6.45, 7) is 14.5. The van der Waals surface area contributed by atoms with E-state index in [9.17, 15) is 4.79 Å². The molecule has 0 radical (unpaired) electrons. The van der Waals surface area contributed by atoms with E-state index in [1.54, 1.807) is 0 Å². The SMILES string of the molecule is CCN1CCN(C(=O)c2c(C)oc3c2CN(CC(C)C)C=N3)CC1. The topological polar surface area (TPSA) is 52.3 Å². The van der Waals surface area contributed by atoms with Gasteiger partial charge >= 0.3 is 0 Å². The van der Waals surface area contributed by atoms with E-state index in [1.807, 2.05) is 18.2 Å². The third-order valence-corrected chi connectivity index (χ3v) is 4.78. The zero-order valence-electron chi connectivity index (χ0n) is 15.2. The number of furan rings is 1. The summed E-state index contributed by atoms with van der Waals surface area (Å²) in [5, 5.41) is 0. The molecule has 24 heavy (non-hydrogen) atoms. The summed E-state index contributed by atoms with van der Waals surface area (Å²) >= 11 is 0. The minimum atomic E-state index is 0.0925. The van der Waals surface area contributed by atoms with Gasteiger partial charge in [0.1, 0.15) is 5.76 Å². The number of fused-ring (bicyclic) bond motifs is 1. The maximum absolute atomic E-state index is 13.1. The van der Waals surface area contributed by atoms with E-state index >= 15 is 0 Å². The van der Waals surface area contributed by atoms with E-state index in [0.717, 1.165) is 50.4 Å².